The lowest BCUT2D eigenvalue weighted by Crippen LogP contribution is -2.38. The summed E-state index contributed by atoms with van der Waals surface area (Å²) in [5.41, 5.74) is 0.111. The van der Waals surface area contributed by atoms with Crippen LogP contribution in [0.5, 0.6) is 0 Å². The van der Waals surface area contributed by atoms with Gasteiger partial charge in [0.2, 0.25) is 0 Å². The Bertz CT molecular complexity index is 998. The molecular weight excluding hydrogens is 368 g/mol. The summed E-state index contributed by atoms with van der Waals surface area (Å²) >= 11 is 4.61. The largest absolute Gasteiger partial charge is 0.336 e. The van der Waals surface area contributed by atoms with Gasteiger partial charge < -0.3 is 0 Å². The van der Waals surface area contributed by atoms with Crippen LogP contribution in [0.1, 0.15) is 6.42 Å². The first kappa shape index (κ1) is 14.7. The van der Waals surface area contributed by atoms with E-state index in [0.717, 1.165) is 8.35 Å². The summed E-state index contributed by atoms with van der Waals surface area (Å²) in [7, 11) is 0. The van der Waals surface area contributed by atoms with Crippen LogP contribution in [0.2, 0.25) is 0 Å². The van der Waals surface area contributed by atoms with E-state index in [2.05, 4.69) is 20.9 Å². The molecule has 3 aromatic rings. The minimum atomic E-state index is -0.467. The molecule has 6 nitrogen and oxygen atoms in total. The molecule has 3 heterocycles. The molecule has 0 saturated carbocycles. The Balaban J connectivity index is 2.41. The van der Waals surface area contributed by atoms with Crippen LogP contribution in [-0.4, -0.2) is 14.1 Å². The number of rotatable bonds is 3. The normalized spacial score (nSPS) is 10.7. The van der Waals surface area contributed by atoms with Gasteiger partial charge in [-0.05, 0) is 34.1 Å². The Morgan fingerprint density at radius 3 is 2.91 bits per heavy atom. The molecule has 3 rings (SSSR count). The highest BCUT2D eigenvalue weighted by Crippen LogP contribution is 2.26. The van der Waals surface area contributed by atoms with Gasteiger partial charge in [-0.25, -0.2) is 9.36 Å². The molecule has 0 aliphatic heterocycles. The lowest BCUT2D eigenvalue weighted by Gasteiger charge is -2.10. The van der Waals surface area contributed by atoms with Crippen LogP contribution in [0.25, 0.3) is 15.9 Å². The second kappa shape index (κ2) is 5.87. The third-order valence-electron chi connectivity index (χ3n) is 3.14. The Morgan fingerprint density at radius 1 is 1.41 bits per heavy atom. The van der Waals surface area contributed by atoms with E-state index < -0.39 is 5.69 Å². The van der Waals surface area contributed by atoms with E-state index in [4.69, 9.17) is 5.26 Å². The fourth-order valence-corrected chi connectivity index (χ4v) is 3.73. The molecule has 22 heavy (non-hydrogen) atoms. The summed E-state index contributed by atoms with van der Waals surface area (Å²) in [6, 6.07) is 7.06. The summed E-state index contributed by atoms with van der Waals surface area (Å²) in [5, 5.41) is 8.79. The van der Waals surface area contributed by atoms with E-state index in [-0.39, 0.29) is 18.5 Å². The molecule has 0 fully saturated rings. The van der Waals surface area contributed by atoms with Crippen molar-refractivity contribution in [2.24, 2.45) is 0 Å². The van der Waals surface area contributed by atoms with Crippen molar-refractivity contribution >= 4 is 37.5 Å². The average molecular weight is 377 g/mol. The number of pyridine rings is 1. The molecule has 0 N–H and O–H groups in total. The molecular formula is C14H9BrN4O2S. The van der Waals surface area contributed by atoms with Gasteiger partial charge in [-0.2, -0.15) is 5.26 Å². The van der Waals surface area contributed by atoms with E-state index in [1.165, 1.54) is 22.1 Å². The number of nitrogens with zero attached hydrogens (tertiary/aromatic N) is 4. The van der Waals surface area contributed by atoms with Gasteiger partial charge in [-0.1, -0.05) is 0 Å². The van der Waals surface area contributed by atoms with Crippen LogP contribution in [0.3, 0.4) is 0 Å². The first-order valence-electron chi connectivity index (χ1n) is 6.35. The quantitative estimate of drug-likeness (QED) is 0.702. The molecule has 0 aliphatic carbocycles. The maximum Gasteiger partial charge on any atom is 0.336 e. The monoisotopic (exact) mass is 376 g/mol. The number of nitriles is 1. The summed E-state index contributed by atoms with van der Waals surface area (Å²) in [4.78, 5) is 29.3. The van der Waals surface area contributed by atoms with Crippen LogP contribution in [-0.2, 0) is 6.54 Å². The zero-order valence-corrected chi connectivity index (χ0v) is 13.6. The van der Waals surface area contributed by atoms with Crippen molar-refractivity contribution in [3.05, 3.63) is 55.2 Å². The van der Waals surface area contributed by atoms with Crippen LogP contribution < -0.4 is 11.2 Å². The molecule has 0 aromatic carbocycles. The van der Waals surface area contributed by atoms with E-state index in [1.54, 1.807) is 24.4 Å². The Kier molecular flexibility index (Phi) is 3.92. The summed E-state index contributed by atoms with van der Waals surface area (Å²) in [5.74, 6) is 0. The lowest BCUT2D eigenvalue weighted by atomic mass is 10.3. The second-order valence-corrected chi connectivity index (χ2v) is 6.89. The number of fused-ring (bicyclic) bond motifs is 1. The highest BCUT2D eigenvalue weighted by atomic mass is 79.9. The van der Waals surface area contributed by atoms with E-state index in [1.807, 2.05) is 6.07 Å². The third kappa shape index (κ3) is 2.38. The number of halogens is 1. The van der Waals surface area contributed by atoms with Crippen LogP contribution in [0.15, 0.2) is 44.0 Å². The summed E-state index contributed by atoms with van der Waals surface area (Å²) in [6.07, 6.45) is 3.22. The van der Waals surface area contributed by atoms with Crippen molar-refractivity contribution in [3.8, 4) is 11.8 Å². The van der Waals surface area contributed by atoms with Gasteiger partial charge in [0.1, 0.15) is 4.70 Å². The Hall–Kier alpha value is -2.24. The molecule has 3 aromatic heterocycles. The minimum absolute atomic E-state index is 0.188. The highest BCUT2D eigenvalue weighted by molar-refractivity contribution is 9.11. The first-order chi connectivity index (χ1) is 10.6. The summed E-state index contributed by atoms with van der Waals surface area (Å²) < 4.78 is 3.77. The Morgan fingerprint density at radius 2 is 2.23 bits per heavy atom. The summed E-state index contributed by atoms with van der Waals surface area (Å²) in [6.45, 7) is 0.232. The van der Waals surface area contributed by atoms with Gasteiger partial charge in [0.15, 0.2) is 0 Å². The molecule has 0 atom stereocenters. The number of aryl methyl sites for hydroxylation is 1. The molecule has 8 heteroatoms. The third-order valence-corrected chi connectivity index (χ3v) is 4.76. The van der Waals surface area contributed by atoms with Crippen LogP contribution >= 0.6 is 27.3 Å². The van der Waals surface area contributed by atoms with E-state index in [0.29, 0.717) is 15.9 Å². The van der Waals surface area contributed by atoms with Gasteiger partial charge in [0.05, 0.1) is 33.7 Å². The lowest BCUT2D eigenvalue weighted by molar-refractivity contribution is 0.662. The number of hydrogen-bond donors (Lipinski definition) is 0. The minimum Gasteiger partial charge on any atom is -0.291 e. The maximum absolute atomic E-state index is 12.7. The van der Waals surface area contributed by atoms with Gasteiger partial charge in [-0.3, -0.25) is 14.3 Å². The van der Waals surface area contributed by atoms with Crippen LogP contribution in [0.4, 0.5) is 0 Å². The van der Waals surface area contributed by atoms with Crippen molar-refractivity contribution in [2.45, 2.75) is 13.0 Å². The average Bonchev–Trinajstić information content (AvgIpc) is 2.90. The van der Waals surface area contributed by atoms with Crippen molar-refractivity contribution in [3.63, 3.8) is 0 Å². The second-order valence-electron chi connectivity index (χ2n) is 4.46. The first-order valence-corrected chi connectivity index (χ1v) is 7.96. The maximum atomic E-state index is 12.7. The fourth-order valence-electron chi connectivity index (χ4n) is 2.21. The van der Waals surface area contributed by atoms with Gasteiger partial charge >= 0.3 is 5.69 Å². The number of thiophene rings is 1. The molecule has 0 aliphatic rings. The Labute approximate surface area is 137 Å². The van der Waals surface area contributed by atoms with E-state index >= 15 is 0 Å². The molecule has 110 valence electrons. The SMILES string of the molecule is N#CCCn1c(=O)n(-c2cccnc2)c(=O)c2sc(Br)cc21. The molecule has 0 radical (unpaired) electrons. The number of hydrogen-bond acceptors (Lipinski definition) is 5. The molecule has 0 saturated heterocycles. The zero-order valence-electron chi connectivity index (χ0n) is 11.2. The predicted molar refractivity (Wildman–Crippen MR) is 87.4 cm³/mol. The van der Waals surface area contributed by atoms with Gasteiger partial charge in [0.25, 0.3) is 5.56 Å². The zero-order chi connectivity index (χ0) is 15.7. The van der Waals surface area contributed by atoms with Gasteiger partial charge in [-0.15, -0.1) is 11.3 Å². The van der Waals surface area contributed by atoms with Crippen LogP contribution in [0, 0.1) is 11.3 Å². The van der Waals surface area contributed by atoms with Crippen molar-refractivity contribution in [2.75, 3.05) is 0 Å². The predicted octanol–water partition coefficient (Wildman–Crippen LogP) is 2.29. The molecule has 0 bridgehead atoms. The van der Waals surface area contributed by atoms with E-state index in [9.17, 15) is 9.59 Å². The molecule has 0 amide bonds. The topological polar surface area (TPSA) is 80.7 Å². The molecule has 0 spiro atoms. The smallest absolute Gasteiger partial charge is 0.291 e. The number of aromatic nitrogens is 3. The highest BCUT2D eigenvalue weighted by Gasteiger charge is 2.16. The van der Waals surface area contributed by atoms with Crippen molar-refractivity contribution < 1.29 is 0 Å². The fraction of sp³-hybridized carbons (Fsp3) is 0.143. The van der Waals surface area contributed by atoms with Gasteiger partial charge in [0, 0.05) is 12.7 Å². The standard InChI is InChI=1S/C14H9BrN4O2S/c15-11-7-10-12(22-11)13(20)19(9-3-1-5-17-8-9)14(21)18(10)6-2-4-16/h1,3,5,7-8H,2,6H2. The van der Waals surface area contributed by atoms with Crippen molar-refractivity contribution in [1.82, 2.24) is 14.1 Å². The molecule has 0 unspecified atom stereocenters. The van der Waals surface area contributed by atoms with Crippen molar-refractivity contribution in [1.29, 1.82) is 5.26 Å².